The molecule has 3 aromatic rings. The van der Waals surface area contributed by atoms with Crippen molar-refractivity contribution in [2.24, 2.45) is 0 Å². The summed E-state index contributed by atoms with van der Waals surface area (Å²) in [6, 6.07) is 15.7. The first-order valence-electron chi connectivity index (χ1n) is 14.4. The van der Waals surface area contributed by atoms with Gasteiger partial charge in [0, 0.05) is 45.4 Å². The highest BCUT2D eigenvalue weighted by Gasteiger charge is 2.27. The van der Waals surface area contributed by atoms with E-state index >= 15 is 0 Å². The standard InChI is InChI=1S/C32H31I4N3O8.H3N/c1-45-31(43)26(15-20-13-24(35)30(25(36)14-20)47-21-16-22(33)29(42)23(34)17-21)37-27(40)7-8-28(41)38-9-11-39(12-10-38)32(44)46-18-19-5-3-2-4-6-19;/h2-6,13-14,16-17,26,42H,7-12,15,18H2,1H3,(H,37,40);1H3. The predicted octanol–water partition coefficient (Wildman–Crippen LogP) is 6.23. The van der Waals surface area contributed by atoms with E-state index in [2.05, 4.69) is 50.5 Å². The highest BCUT2D eigenvalue weighted by Crippen LogP contribution is 2.37. The first-order valence-corrected chi connectivity index (χ1v) is 18.7. The third kappa shape index (κ3) is 11.4. The molecule has 0 aromatic heterocycles. The number of hydrogen-bond acceptors (Lipinski definition) is 9. The van der Waals surface area contributed by atoms with Gasteiger partial charge in [0.25, 0.3) is 0 Å². The quantitative estimate of drug-likeness (QED) is 0.149. The molecule has 3 aromatic carbocycles. The Kier molecular flexibility index (Phi) is 16.2. The van der Waals surface area contributed by atoms with Crippen molar-refractivity contribution in [1.82, 2.24) is 21.3 Å². The highest BCUT2D eigenvalue weighted by atomic mass is 127. The number of nitrogens with one attached hydrogen (secondary N) is 1. The third-order valence-electron chi connectivity index (χ3n) is 7.19. The van der Waals surface area contributed by atoms with Gasteiger partial charge in [0.2, 0.25) is 11.8 Å². The number of halogens is 4. The topological polar surface area (TPSA) is 170 Å². The van der Waals surface area contributed by atoms with Gasteiger partial charge in [-0.25, -0.2) is 9.59 Å². The predicted molar refractivity (Wildman–Crippen MR) is 212 cm³/mol. The average Bonchev–Trinajstić information content (AvgIpc) is 3.06. The number of carbonyl (C=O) groups excluding carboxylic acids is 4. The number of rotatable bonds is 11. The molecule has 1 saturated heterocycles. The number of esters is 1. The van der Waals surface area contributed by atoms with E-state index < -0.39 is 24.0 Å². The lowest BCUT2D eigenvalue weighted by Crippen LogP contribution is -2.51. The summed E-state index contributed by atoms with van der Waals surface area (Å²) in [5.41, 5.74) is 1.68. The SMILES string of the molecule is COC(=O)C(Cc1cc(I)c(Oc2cc(I)c(O)c(I)c2)c(I)c1)NC(=O)CCC(=O)N1CCN(C(=O)OCc2ccccc2)CC1.N. The van der Waals surface area contributed by atoms with Crippen LogP contribution < -0.4 is 16.2 Å². The number of nitrogens with zero attached hydrogens (tertiary/aromatic N) is 2. The minimum Gasteiger partial charge on any atom is -0.506 e. The molecular formula is C32H34I4N4O8. The summed E-state index contributed by atoms with van der Waals surface area (Å²) in [6.07, 6.45) is -0.384. The Morgan fingerprint density at radius 2 is 1.42 bits per heavy atom. The monoisotopic (exact) mass is 1110 g/mol. The number of piperazine rings is 1. The van der Waals surface area contributed by atoms with E-state index in [1.54, 1.807) is 21.9 Å². The lowest BCUT2D eigenvalue weighted by molar-refractivity contribution is -0.145. The zero-order valence-corrected chi connectivity index (χ0v) is 34.5. The van der Waals surface area contributed by atoms with Crippen molar-refractivity contribution in [1.29, 1.82) is 0 Å². The Balaban J connectivity index is 0.00000625. The van der Waals surface area contributed by atoms with Crippen molar-refractivity contribution in [2.75, 3.05) is 33.3 Å². The van der Waals surface area contributed by atoms with Crippen LogP contribution in [0.15, 0.2) is 54.6 Å². The fourth-order valence-corrected chi connectivity index (χ4v) is 8.54. The van der Waals surface area contributed by atoms with Crippen molar-refractivity contribution in [3.63, 3.8) is 0 Å². The van der Waals surface area contributed by atoms with Crippen LogP contribution in [-0.4, -0.2) is 78.1 Å². The number of methoxy groups -OCH3 is 1. The van der Waals surface area contributed by atoms with E-state index in [0.717, 1.165) is 18.3 Å². The molecule has 5 N–H and O–H groups in total. The van der Waals surface area contributed by atoms with Crippen LogP contribution in [0.1, 0.15) is 24.0 Å². The minimum absolute atomic E-state index is 0. The zero-order chi connectivity index (χ0) is 34.1. The number of phenolic OH excluding ortho intramolecular Hbond substituents is 1. The molecular weight excluding hydrogens is 1080 g/mol. The van der Waals surface area contributed by atoms with E-state index in [0.29, 0.717) is 44.8 Å². The molecule has 3 amide bonds. The van der Waals surface area contributed by atoms with Crippen molar-refractivity contribution >= 4 is 114 Å². The van der Waals surface area contributed by atoms with E-state index in [4.69, 9.17) is 14.2 Å². The number of hydrogen-bond donors (Lipinski definition) is 3. The molecule has 48 heavy (non-hydrogen) atoms. The van der Waals surface area contributed by atoms with Gasteiger partial charge in [0.05, 0.1) is 21.4 Å². The lowest BCUT2D eigenvalue weighted by Gasteiger charge is -2.34. The number of carbonyl (C=O) groups is 4. The second-order valence-corrected chi connectivity index (χ2v) is 15.1. The number of ether oxygens (including phenoxy) is 3. The van der Waals surface area contributed by atoms with Crippen LogP contribution in [0, 0.1) is 14.3 Å². The maximum absolute atomic E-state index is 12.9. The number of phenols is 1. The molecule has 0 spiro atoms. The van der Waals surface area contributed by atoms with Crippen LogP contribution >= 0.6 is 90.4 Å². The molecule has 4 rings (SSSR count). The van der Waals surface area contributed by atoms with Crippen LogP contribution in [0.5, 0.6) is 17.2 Å². The van der Waals surface area contributed by atoms with E-state index in [1.165, 1.54) is 7.11 Å². The molecule has 1 aliphatic heterocycles. The second kappa shape index (κ2) is 19.3. The number of aromatic hydroxyl groups is 1. The Hall–Kier alpha value is -2.18. The van der Waals surface area contributed by atoms with E-state index in [-0.39, 0.29) is 43.7 Å². The Labute approximate surface area is 333 Å². The van der Waals surface area contributed by atoms with Gasteiger partial charge in [-0.15, -0.1) is 0 Å². The van der Waals surface area contributed by atoms with Gasteiger partial charge < -0.3 is 40.6 Å². The molecule has 258 valence electrons. The van der Waals surface area contributed by atoms with Gasteiger partial charge in [-0.3, -0.25) is 9.59 Å². The Morgan fingerprint density at radius 3 is 2.00 bits per heavy atom. The maximum atomic E-state index is 12.9. The summed E-state index contributed by atoms with van der Waals surface area (Å²) >= 11 is 8.40. The van der Waals surface area contributed by atoms with Gasteiger partial charge in [0.1, 0.15) is 24.1 Å². The summed E-state index contributed by atoms with van der Waals surface area (Å²) in [5, 5.41) is 12.8. The molecule has 0 saturated carbocycles. The number of amides is 3. The van der Waals surface area contributed by atoms with Crippen LogP contribution in [0.3, 0.4) is 0 Å². The fourth-order valence-electron chi connectivity index (χ4n) is 4.71. The van der Waals surface area contributed by atoms with Gasteiger partial charge >= 0.3 is 12.1 Å². The van der Waals surface area contributed by atoms with Gasteiger partial charge in [-0.1, -0.05) is 30.3 Å². The van der Waals surface area contributed by atoms with Gasteiger partial charge in [-0.05, 0) is 126 Å². The van der Waals surface area contributed by atoms with Gasteiger partial charge in [-0.2, -0.15) is 0 Å². The van der Waals surface area contributed by atoms with Crippen molar-refractivity contribution in [2.45, 2.75) is 31.9 Å². The fraction of sp³-hybridized carbons (Fsp3) is 0.312. The molecule has 16 heteroatoms. The zero-order valence-electron chi connectivity index (χ0n) is 25.8. The van der Waals surface area contributed by atoms with Crippen molar-refractivity contribution in [3.8, 4) is 17.2 Å². The van der Waals surface area contributed by atoms with Crippen molar-refractivity contribution in [3.05, 3.63) is 80.0 Å². The van der Waals surface area contributed by atoms with Crippen LogP contribution in [0.25, 0.3) is 0 Å². The Morgan fingerprint density at radius 1 is 0.833 bits per heavy atom. The van der Waals surface area contributed by atoms with Crippen LogP contribution in [0.4, 0.5) is 4.79 Å². The van der Waals surface area contributed by atoms with Gasteiger partial charge in [0.15, 0.2) is 5.75 Å². The second-order valence-electron chi connectivity index (χ2n) is 10.5. The summed E-state index contributed by atoms with van der Waals surface area (Å²) in [4.78, 5) is 53.9. The average molecular weight is 1110 g/mol. The highest BCUT2D eigenvalue weighted by molar-refractivity contribution is 14.1. The molecule has 0 aliphatic carbocycles. The van der Waals surface area contributed by atoms with Crippen LogP contribution in [0.2, 0.25) is 0 Å². The summed E-state index contributed by atoms with van der Waals surface area (Å²) in [5.74, 6) is 0.170. The van der Waals surface area contributed by atoms with Crippen LogP contribution in [-0.2, 0) is 36.9 Å². The molecule has 0 bridgehead atoms. The smallest absolute Gasteiger partial charge is 0.410 e. The number of benzene rings is 3. The molecule has 0 radical (unpaired) electrons. The maximum Gasteiger partial charge on any atom is 0.410 e. The van der Waals surface area contributed by atoms with E-state index in [9.17, 15) is 24.3 Å². The summed E-state index contributed by atoms with van der Waals surface area (Å²) in [7, 11) is 1.26. The molecule has 1 aliphatic rings. The molecule has 1 fully saturated rings. The summed E-state index contributed by atoms with van der Waals surface area (Å²) < 4.78 is 19.4. The molecule has 1 heterocycles. The van der Waals surface area contributed by atoms with E-state index in [1.807, 2.05) is 87.6 Å². The largest absolute Gasteiger partial charge is 0.506 e. The normalized spacial score (nSPS) is 13.2. The molecule has 1 unspecified atom stereocenters. The third-order valence-corrected chi connectivity index (χ3v) is 10.4. The molecule has 1 atom stereocenters. The lowest BCUT2D eigenvalue weighted by atomic mass is 10.1. The first-order chi connectivity index (χ1) is 22.4. The van der Waals surface area contributed by atoms with Crippen molar-refractivity contribution < 1.29 is 38.5 Å². The Bertz CT molecular complexity index is 1570. The minimum atomic E-state index is -0.952. The summed E-state index contributed by atoms with van der Waals surface area (Å²) in [6.45, 7) is 1.54. The molecule has 12 nitrogen and oxygen atoms in total. The first kappa shape index (κ1) is 40.3.